The molecule has 1 aliphatic carbocycles. The second-order valence-corrected chi connectivity index (χ2v) is 4.29. The third-order valence-corrected chi connectivity index (χ3v) is 3.34. The standard InChI is InChI=1S/C10H18N2O/c1-3-8-6-9(8)11-10(13)12-5-4-7(12)2/h7-9H,3-6H2,1-2H3,(H,11,13)/t7?,8-,9-/m1/s1. The van der Waals surface area contributed by atoms with E-state index in [1.165, 1.54) is 12.8 Å². The number of amides is 2. The van der Waals surface area contributed by atoms with E-state index in [4.69, 9.17) is 0 Å². The first-order chi connectivity index (χ1) is 6.22. The molecule has 0 bridgehead atoms. The van der Waals surface area contributed by atoms with Crippen LogP contribution in [-0.4, -0.2) is 29.6 Å². The molecule has 2 fully saturated rings. The summed E-state index contributed by atoms with van der Waals surface area (Å²) in [5.41, 5.74) is 0. The van der Waals surface area contributed by atoms with E-state index in [0.29, 0.717) is 12.1 Å². The Labute approximate surface area is 79.5 Å². The molecule has 13 heavy (non-hydrogen) atoms. The zero-order valence-electron chi connectivity index (χ0n) is 8.42. The number of hydrogen-bond donors (Lipinski definition) is 1. The Balaban J connectivity index is 1.73. The lowest BCUT2D eigenvalue weighted by Gasteiger charge is -2.38. The van der Waals surface area contributed by atoms with Gasteiger partial charge >= 0.3 is 6.03 Å². The van der Waals surface area contributed by atoms with Crippen molar-refractivity contribution in [1.29, 1.82) is 0 Å². The number of nitrogens with zero attached hydrogens (tertiary/aromatic N) is 1. The average molecular weight is 182 g/mol. The largest absolute Gasteiger partial charge is 0.335 e. The maximum atomic E-state index is 11.6. The van der Waals surface area contributed by atoms with Crippen LogP contribution >= 0.6 is 0 Å². The van der Waals surface area contributed by atoms with Gasteiger partial charge in [0.1, 0.15) is 0 Å². The molecule has 3 nitrogen and oxygen atoms in total. The Hall–Kier alpha value is -0.730. The van der Waals surface area contributed by atoms with Crippen molar-refractivity contribution in [3.63, 3.8) is 0 Å². The second-order valence-electron chi connectivity index (χ2n) is 4.29. The van der Waals surface area contributed by atoms with Crippen LogP contribution in [0.25, 0.3) is 0 Å². The first-order valence-corrected chi connectivity index (χ1v) is 5.29. The van der Waals surface area contributed by atoms with E-state index >= 15 is 0 Å². The predicted octanol–water partition coefficient (Wildman–Crippen LogP) is 1.59. The monoisotopic (exact) mass is 182 g/mol. The predicted molar refractivity (Wildman–Crippen MR) is 51.5 cm³/mol. The lowest BCUT2D eigenvalue weighted by molar-refractivity contribution is 0.124. The van der Waals surface area contributed by atoms with Crippen LogP contribution < -0.4 is 5.32 Å². The molecule has 1 saturated carbocycles. The highest BCUT2D eigenvalue weighted by molar-refractivity contribution is 5.76. The highest BCUT2D eigenvalue weighted by Gasteiger charge is 2.39. The molecule has 74 valence electrons. The van der Waals surface area contributed by atoms with Gasteiger partial charge in [0.05, 0.1) is 0 Å². The SMILES string of the molecule is CC[C@@H]1C[C@H]1NC(=O)N1CCC1C. The van der Waals surface area contributed by atoms with E-state index in [0.717, 1.165) is 18.9 Å². The maximum Gasteiger partial charge on any atom is 0.317 e. The summed E-state index contributed by atoms with van der Waals surface area (Å²) in [6.45, 7) is 5.23. The Bertz CT molecular complexity index is 217. The average Bonchev–Trinajstić information content (AvgIpc) is 2.80. The van der Waals surface area contributed by atoms with E-state index in [1.54, 1.807) is 0 Å². The molecule has 0 aromatic rings. The van der Waals surface area contributed by atoms with Gasteiger partial charge in [-0.2, -0.15) is 0 Å². The molecule has 0 aromatic carbocycles. The molecule has 1 N–H and O–H groups in total. The molecule has 1 aliphatic heterocycles. The van der Waals surface area contributed by atoms with Crippen molar-refractivity contribution < 1.29 is 4.79 Å². The lowest BCUT2D eigenvalue weighted by Crippen LogP contribution is -2.54. The van der Waals surface area contributed by atoms with E-state index in [-0.39, 0.29) is 6.03 Å². The van der Waals surface area contributed by atoms with Gasteiger partial charge in [0.2, 0.25) is 0 Å². The van der Waals surface area contributed by atoms with Crippen molar-refractivity contribution in [2.75, 3.05) is 6.54 Å². The van der Waals surface area contributed by atoms with Gasteiger partial charge in [-0.05, 0) is 25.7 Å². The molecule has 3 heteroatoms. The van der Waals surface area contributed by atoms with Gasteiger partial charge in [-0.15, -0.1) is 0 Å². The second kappa shape index (κ2) is 3.20. The van der Waals surface area contributed by atoms with Crippen LogP contribution in [-0.2, 0) is 0 Å². The molecule has 2 aliphatic rings. The van der Waals surface area contributed by atoms with Gasteiger partial charge in [-0.3, -0.25) is 0 Å². The summed E-state index contributed by atoms with van der Waals surface area (Å²) in [7, 11) is 0. The molecule has 2 rings (SSSR count). The number of carbonyl (C=O) groups excluding carboxylic acids is 1. The van der Waals surface area contributed by atoms with Gasteiger partial charge in [0.15, 0.2) is 0 Å². The highest BCUT2D eigenvalue weighted by Crippen LogP contribution is 2.33. The van der Waals surface area contributed by atoms with Crippen LogP contribution in [0.5, 0.6) is 0 Å². The summed E-state index contributed by atoms with van der Waals surface area (Å²) >= 11 is 0. The first-order valence-electron chi connectivity index (χ1n) is 5.29. The Kier molecular flexibility index (Phi) is 2.18. The normalized spacial score (nSPS) is 36.8. The van der Waals surface area contributed by atoms with Gasteiger partial charge in [-0.1, -0.05) is 13.3 Å². The Morgan fingerprint density at radius 2 is 2.38 bits per heavy atom. The molecular formula is C10H18N2O. The summed E-state index contributed by atoms with van der Waals surface area (Å²) in [6.07, 6.45) is 3.54. The maximum absolute atomic E-state index is 11.6. The molecule has 1 unspecified atom stereocenters. The molecule has 3 atom stereocenters. The minimum atomic E-state index is 0.153. The van der Waals surface area contributed by atoms with Gasteiger partial charge in [-0.25, -0.2) is 4.79 Å². The van der Waals surface area contributed by atoms with Crippen molar-refractivity contribution >= 4 is 6.03 Å². The van der Waals surface area contributed by atoms with Gasteiger partial charge in [0.25, 0.3) is 0 Å². The number of urea groups is 1. The fourth-order valence-electron chi connectivity index (χ4n) is 1.94. The van der Waals surface area contributed by atoms with Gasteiger partial charge in [0, 0.05) is 18.6 Å². The third-order valence-electron chi connectivity index (χ3n) is 3.34. The van der Waals surface area contributed by atoms with Crippen LogP contribution in [0, 0.1) is 5.92 Å². The molecule has 1 heterocycles. The minimum Gasteiger partial charge on any atom is -0.335 e. The number of rotatable bonds is 2. The smallest absolute Gasteiger partial charge is 0.317 e. The van der Waals surface area contributed by atoms with E-state index in [9.17, 15) is 4.79 Å². The summed E-state index contributed by atoms with van der Waals surface area (Å²) < 4.78 is 0. The van der Waals surface area contributed by atoms with Crippen LogP contribution in [0.1, 0.15) is 33.1 Å². The third kappa shape index (κ3) is 1.64. The molecule has 2 amide bonds. The van der Waals surface area contributed by atoms with Crippen molar-refractivity contribution in [1.82, 2.24) is 10.2 Å². The van der Waals surface area contributed by atoms with Crippen LogP contribution in [0.15, 0.2) is 0 Å². The minimum absolute atomic E-state index is 0.153. The lowest BCUT2D eigenvalue weighted by atomic mass is 10.1. The fourth-order valence-corrected chi connectivity index (χ4v) is 1.94. The van der Waals surface area contributed by atoms with Gasteiger partial charge < -0.3 is 10.2 Å². The summed E-state index contributed by atoms with van der Waals surface area (Å²) in [6, 6.07) is 1.09. The molecule has 0 spiro atoms. The number of carbonyl (C=O) groups is 1. The van der Waals surface area contributed by atoms with Crippen molar-refractivity contribution in [2.24, 2.45) is 5.92 Å². The van der Waals surface area contributed by atoms with Crippen molar-refractivity contribution in [2.45, 2.75) is 45.2 Å². The fraction of sp³-hybridized carbons (Fsp3) is 0.900. The van der Waals surface area contributed by atoms with E-state index in [2.05, 4.69) is 19.2 Å². The molecule has 0 radical (unpaired) electrons. The molecule has 0 aromatic heterocycles. The highest BCUT2D eigenvalue weighted by atomic mass is 16.2. The van der Waals surface area contributed by atoms with E-state index in [1.807, 2.05) is 4.90 Å². The number of likely N-dealkylation sites (tertiary alicyclic amines) is 1. The molecular weight excluding hydrogens is 164 g/mol. The first kappa shape index (κ1) is 8.85. The van der Waals surface area contributed by atoms with E-state index < -0.39 is 0 Å². The summed E-state index contributed by atoms with van der Waals surface area (Å²) in [4.78, 5) is 13.5. The quantitative estimate of drug-likeness (QED) is 0.691. The van der Waals surface area contributed by atoms with Crippen LogP contribution in [0.3, 0.4) is 0 Å². The zero-order valence-corrected chi connectivity index (χ0v) is 8.42. The van der Waals surface area contributed by atoms with Crippen LogP contribution in [0.2, 0.25) is 0 Å². The summed E-state index contributed by atoms with van der Waals surface area (Å²) in [5.74, 6) is 0.750. The van der Waals surface area contributed by atoms with Crippen molar-refractivity contribution in [3.8, 4) is 0 Å². The zero-order chi connectivity index (χ0) is 9.42. The Morgan fingerprint density at radius 1 is 1.62 bits per heavy atom. The number of nitrogens with one attached hydrogen (secondary N) is 1. The molecule has 1 saturated heterocycles. The van der Waals surface area contributed by atoms with Crippen molar-refractivity contribution in [3.05, 3.63) is 0 Å². The summed E-state index contributed by atoms with van der Waals surface area (Å²) in [5, 5.41) is 3.07. The number of hydrogen-bond acceptors (Lipinski definition) is 1. The Morgan fingerprint density at radius 3 is 2.77 bits per heavy atom. The topological polar surface area (TPSA) is 32.3 Å². The van der Waals surface area contributed by atoms with Crippen LogP contribution in [0.4, 0.5) is 4.79 Å².